The van der Waals surface area contributed by atoms with Gasteiger partial charge < -0.3 is 9.47 Å². The quantitative estimate of drug-likeness (QED) is 0.454. The highest BCUT2D eigenvalue weighted by Gasteiger charge is 2.25. The molecule has 0 aliphatic heterocycles. The van der Waals surface area contributed by atoms with Crippen LogP contribution in [0.2, 0.25) is 0 Å². The molecule has 2 aliphatic carbocycles. The van der Waals surface area contributed by atoms with E-state index in [1.54, 1.807) is 0 Å². The summed E-state index contributed by atoms with van der Waals surface area (Å²) in [6.07, 6.45) is 12.4. The van der Waals surface area contributed by atoms with E-state index in [0.29, 0.717) is 36.9 Å². The molecule has 0 unspecified atom stereocenters. The normalized spacial score (nSPS) is 30.8. The van der Waals surface area contributed by atoms with Crippen LogP contribution in [-0.2, 0) is 19.1 Å². The lowest BCUT2D eigenvalue weighted by Gasteiger charge is -2.25. The smallest absolute Gasteiger partial charge is 0.417 e. The molecule has 0 bridgehead atoms. The Morgan fingerprint density at radius 3 is 2.23 bits per heavy atom. The zero-order valence-corrected chi connectivity index (χ0v) is 13.5. The maximum absolute atomic E-state index is 11.7. The maximum atomic E-state index is 11.7. The van der Waals surface area contributed by atoms with Crippen LogP contribution in [-0.4, -0.2) is 25.2 Å². The highest BCUT2D eigenvalue weighted by molar-refractivity contribution is 6.29. The topological polar surface area (TPSA) is 52.6 Å². The van der Waals surface area contributed by atoms with Gasteiger partial charge in [-0.1, -0.05) is 38.2 Å². The molecule has 0 N–H and O–H groups in total. The highest BCUT2D eigenvalue weighted by atomic mass is 16.6. The largest absolute Gasteiger partial charge is 0.457 e. The molecule has 4 heteroatoms. The molecule has 122 valence electrons. The second kappa shape index (κ2) is 8.16. The van der Waals surface area contributed by atoms with Crippen molar-refractivity contribution in [1.29, 1.82) is 0 Å². The minimum atomic E-state index is -0.860. The lowest BCUT2D eigenvalue weighted by molar-refractivity contribution is -0.169. The van der Waals surface area contributed by atoms with Crippen molar-refractivity contribution in [3.8, 4) is 0 Å². The van der Waals surface area contributed by atoms with Crippen LogP contribution in [0.4, 0.5) is 0 Å². The number of carbonyl (C=O) groups is 2. The summed E-state index contributed by atoms with van der Waals surface area (Å²) in [5.41, 5.74) is 0. The maximum Gasteiger partial charge on any atom is 0.417 e. The summed E-state index contributed by atoms with van der Waals surface area (Å²) >= 11 is 0. The second-order valence-electron chi connectivity index (χ2n) is 6.50. The summed E-state index contributed by atoms with van der Waals surface area (Å²) in [6, 6.07) is 0. The van der Waals surface area contributed by atoms with Gasteiger partial charge in [0.2, 0.25) is 0 Å². The zero-order chi connectivity index (χ0) is 15.9. The monoisotopic (exact) mass is 306 g/mol. The van der Waals surface area contributed by atoms with Crippen molar-refractivity contribution in [3.63, 3.8) is 0 Å². The summed E-state index contributed by atoms with van der Waals surface area (Å²) < 4.78 is 10.2. The molecule has 0 aromatic rings. The first kappa shape index (κ1) is 16.8. The third kappa shape index (κ3) is 4.72. The lowest BCUT2D eigenvalue weighted by atomic mass is 9.85. The minimum absolute atomic E-state index is 0.294. The van der Waals surface area contributed by atoms with E-state index in [4.69, 9.17) is 9.47 Å². The molecule has 4 atom stereocenters. The predicted molar refractivity (Wildman–Crippen MR) is 84.0 cm³/mol. The van der Waals surface area contributed by atoms with Gasteiger partial charge in [0.25, 0.3) is 0 Å². The standard InChI is InChI=1S/C18H26O4/c1-13-7-3-5-9-15(13)11-21-17(19)18(20)22-12-16-10-6-4-8-14(16)2/h3-5,8,13-16H,6-7,9-12H2,1-2H3/t13-,14-,15-,16-/m0/s1. The van der Waals surface area contributed by atoms with Gasteiger partial charge in [0.05, 0.1) is 13.2 Å². The summed E-state index contributed by atoms with van der Waals surface area (Å²) in [6.45, 7) is 4.83. The molecule has 0 saturated carbocycles. The highest BCUT2D eigenvalue weighted by Crippen LogP contribution is 2.26. The molecule has 0 fully saturated rings. The van der Waals surface area contributed by atoms with Crippen LogP contribution in [0.5, 0.6) is 0 Å². The molecule has 0 saturated heterocycles. The summed E-state index contributed by atoms with van der Waals surface area (Å²) in [5.74, 6) is -0.270. The average molecular weight is 306 g/mol. The Bertz CT molecular complexity index is 436. The molecular weight excluding hydrogens is 280 g/mol. The average Bonchev–Trinajstić information content (AvgIpc) is 2.52. The van der Waals surface area contributed by atoms with E-state index >= 15 is 0 Å². The molecule has 2 rings (SSSR count). The van der Waals surface area contributed by atoms with Gasteiger partial charge in [-0.05, 0) is 49.4 Å². The van der Waals surface area contributed by atoms with E-state index in [2.05, 4.69) is 38.2 Å². The van der Waals surface area contributed by atoms with E-state index in [1.165, 1.54) is 0 Å². The van der Waals surface area contributed by atoms with Crippen molar-refractivity contribution < 1.29 is 19.1 Å². The van der Waals surface area contributed by atoms with Gasteiger partial charge in [-0.2, -0.15) is 0 Å². The third-order valence-corrected chi connectivity index (χ3v) is 4.83. The molecule has 0 spiro atoms. The molecule has 0 radical (unpaired) electrons. The van der Waals surface area contributed by atoms with Gasteiger partial charge in [-0.25, -0.2) is 9.59 Å². The van der Waals surface area contributed by atoms with Gasteiger partial charge in [0.15, 0.2) is 0 Å². The number of ether oxygens (including phenoxy) is 2. The first-order valence-corrected chi connectivity index (χ1v) is 8.23. The SMILES string of the molecule is C[C@H]1C=CCC[C@H]1COC(=O)C(=O)OC[C@@H]1CC=CC[C@@H]1C. The molecule has 0 heterocycles. The molecule has 0 aromatic heterocycles. The van der Waals surface area contributed by atoms with E-state index in [-0.39, 0.29) is 0 Å². The van der Waals surface area contributed by atoms with Gasteiger partial charge in [0, 0.05) is 0 Å². The van der Waals surface area contributed by atoms with E-state index in [0.717, 1.165) is 25.7 Å². The van der Waals surface area contributed by atoms with Crippen LogP contribution >= 0.6 is 0 Å². The third-order valence-electron chi connectivity index (χ3n) is 4.83. The number of carbonyl (C=O) groups excluding carboxylic acids is 2. The summed E-state index contributed by atoms with van der Waals surface area (Å²) in [7, 11) is 0. The van der Waals surface area contributed by atoms with Crippen LogP contribution in [0.1, 0.15) is 39.5 Å². The van der Waals surface area contributed by atoms with Crippen LogP contribution in [0.25, 0.3) is 0 Å². The van der Waals surface area contributed by atoms with Crippen molar-refractivity contribution in [2.75, 3.05) is 13.2 Å². The number of hydrogen-bond acceptors (Lipinski definition) is 4. The lowest BCUT2D eigenvalue weighted by Crippen LogP contribution is -2.28. The predicted octanol–water partition coefficient (Wildman–Crippen LogP) is 3.28. The summed E-state index contributed by atoms with van der Waals surface area (Å²) in [5, 5.41) is 0. The van der Waals surface area contributed by atoms with Crippen molar-refractivity contribution in [2.45, 2.75) is 39.5 Å². The Morgan fingerprint density at radius 1 is 0.955 bits per heavy atom. The minimum Gasteiger partial charge on any atom is -0.457 e. The fourth-order valence-corrected chi connectivity index (χ4v) is 3.00. The second-order valence-corrected chi connectivity index (χ2v) is 6.50. The first-order chi connectivity index (χ1) is 10.6. The first-order valence-electron chi connectivity index (χ1n) is 8.23. The van der Waals surface area contributed by atoms with E-state index in [9.17, 15) is 9.59 Å². The van der Waals surface area contributed by atoms with Crippen LogP contribution < -0.4 is 0 Å². The summed E-state index contributed by atoms with van der Waals surface area (Å²) in [4.78, 5) is 23.4. The Hall–Kier alpha value is -1.58. The Kier molecular flexibility index (Phi) is 6.22. The van der Waals surface area contributed by atoms with Crippen LogP contribution in [0.3, 0.4) is 0 Å². The van der Waals surface area contributed by atoms with Crippen molar-refractivity contribution in [3.05, 3.63) is 24.3 Å². The Balaban J connectivity index is 1.69. The number of allylic oxidation sites excluding steroid dienone is 4. The van der Waals surface area contributed by atoms with Gasteiger partial charge >= 0.3 is 11.9 Å². The molecular formula is C18H26O4. The zero-order valence-electron chi connectivity index (χ0n) is 13.5. The van der Waals surface area contributed by atoms with Crippen LogP contribution in [0.15, 0.2) is 24.3 Å². The van der Waals surface area contributed by atoms with E-state index < -0.39 is 11.9 Å². The fourth-order valence-electron chi connectivity index (χ4n) is 3.00. The number of rotatable bonds is 4. The molecule has 4 nitrogen and oxygen atoms in total. The van der Waals surface area contributed by atoms with Gasteiger partial charge in [0.1, 0.15) is 0 Å². The van der Waals surface area contributed by atoms with E-state index in [1.807, 2.05) is 0 Å². The molecule has 0 aromatic carbocycles. The molecule has 22 heavy (non-hydrogen) atoms. The van der Waals surface area contributed by atoms with Crippen molar-refractivity contribution >= 4 is 11.9 Å². The van der Waals surface area contributed by atoms with Crippen molar-refractivity contribution in [1.82, 2.24) is 0 Å². The van der Waals surface area contributed by atoms with Gasteiger partial charge in [-0.15, -0.1) is 0 Å². The number of hydrogen-bond donors (Lipinski definition) is 0. The van der Waals surface area contributed by atoms with Crippen molar-refractivity contribution in [2.24, 2.45) is 23.7 Å². The fraction of sp³-hybridized carbons (Fsp3) is 0.667. The Labute approximate surface area is 132 Å². The van der Waals surface area contributed by atoms with Gasteiger partial charge in [-0.3, -0.25) is 0 Å². The van der Waals surface area contributed by atoms with Crippen LogP contribution in [0, 0.1) is 23.7 Å². The Morgan fingerprint density at radius 2 is 1.59 bits per heavy atom. The molecule has 0 amide bonds. The molecule has 2 aliphatic rings. The number of esters is 2.